The van der Waals surface area contributed by atoms with E-state index in [1.807, 2.05) is 11.6 Å². The zero-order valence-electron chi connectivity index (χ0n) is 8.16. The molecular formula is C9H15N3O. The predicted octanol–water partition coefficient (Wildman–Crippen LogP) is 1.23. The third-order valence-electron chi connectivity index (χ3n) is 2.92. The van der Waals surface area contributed by atoms with Crippen LogP contribution in [0.3, 0.4) is 0 Å². The molecule has 0 radical (unpaired) electrons. The van der Waals surface area contributed by atoms with Gasteiger partial charge in [0.15, 0.2) is 5.82 Å². The van der Waals surface area contributed by atoms with E-state index in [0.29, 0.717) is 0 Å². The van der Waals surface area contributed by atoms with E-state index in [4.69, 9.17) is 4.74 Å². The molecule has 1 aliphatic rings. The predicted molar refractivity (Wildman–Crippen MR) is 48.2 cm³/mol. The Morgan fingerprint density at radius 3 is 2.62 bits per heavy atom. The van der Waals surface area contributed by atoms with Crippen LogP contribution in [0.25, 0.3) is 0 Å². The van der Waals surface area contributed by atoms with E-state index in [9.17, 15) is 0 Å². The van der Waals surface area contributed by atoms with Gasteiger partial charge in [0, 0.05) is 14.2 Å². The molecule has 1 saturated carbocycles. The lowest BCUT2D eigenvalue weighted by atomic mass is 10.0. The van der Waals surface area contributed by atoms with E-state index in [-0.39, 0.29) is 5.60 Å². The lowest BCUT2D eigenvalue weighted by Crippen LogP contribution is -2.28. The van der Waals surface area contributed by atoms with Gasteiger partial charge in [0.25, 0.3) is 0 Å². The van der Waals surface area contributed by atoms with Crippen molar-refractivity contribution in [3.63, 3.8) is 0 Å². The SMILES string of the molecule is COC1(c2nncn2C)CCCC1. The molecule has 0 bridgehead atoms. The summed E-state index contributed by atoms with van der Waals surface area (Å²) < 4.78 is 7.55. The van der Waals surface area contributed by atoms with E-state index in [1.165, 1.54) is 12.8 Å². The molecule has 1 aromatic rings. The molecule has 0 aromatic carbocycles. The van der Waals surface area contributed by atoms with Crippen LogP contribution in [0.2, 0.25) is 0 Å². The molecule has 0 aliphatic heterocycles. The largest absolute Gasteiger partial charge is 0.370 e. The van der Waals surface area contributed by atoms with Gasteiger partial charge in [-0.3, -0.25) is 0 Å². The zero-order valence-corrected chi connectivity index (χ0v) is 8.16. The van der Waals surface area contributed by atoms with Crippen LogP contribution in [0.15, 0.2) is 6.33 Å². The van der Waals surface area contributed by atoms with Crippen molar-refractivity contribution in [1.29, 1.82) is 0 Å². The van der Waals surface area contributed by atoms with Gasteiger partial charge < -0.3 is 9.30 Å². The van der Waals surface area contributed by atoms with Crippen molar-refractivity contribution in [3.8, 4) is 0 Å². The molecule has 0 N–H and O–H groups in total. The smallest absolute Gasteiger partial charge is 0.164 e. The standard InChI is InChI=1S/C9H15N3O/c1-12-7-10-11-8(12)9(13-2)5-3-4-6-9/h7H,3-6H2,1-2H3. The van der Waals surface area contributed by atoms with E-state index in [1.54, 1.807) is 13.4 Å². The van der Waals surface area contributed by atoms with Crippen molar-refractivity contribution in [2.24, 2.45) is 7.05 Å². The molecule has 72 valence electrons. The quantitative estimate of drug-likeness (QED) is 0.689. The second-order valence-corrected chi connectivity index (χ2v) is 3.67. The van der Waals surface area contributed by atoms with Gasteiger partial charge in [0.05, 0.1) is 0 Å². The maximum atomic E-state index is 5.60. The minimum Gasteiger partial charge on any atom is -0.370 e. The van der Waals surface area contributed by atoms with Gasteiger partial charge in [-0.1, -0.05) is 0 Å². The Labute approximate surface area is 77.9 Å². The van der Waals surface area contributed by atoms with Crippen molar-refractivity contribution in [2.75, 3.05) is 7.11 Å². The number of ether oxygens (including phenoxy) is 1. The van der Waals surface area contributed by atoms with Gasteiger partial charge in [0.1, 0.15) is 11.9 Å². The van der Waals surface area contributed by atoms with Crippen LogP contribution in [0.4, 0.5) is 0 Å². The fraction of sp³-hybridized carbons (Fsp3) is 0.778. The summed E-state index contributed by atoms with van der Waals surface area (Å²) in [6.45, 7) is 0. The molecular weight excluding hydrogens is 166 g/mol. The monoisotopic (exact) mass is 181 g/mol. The first-order valence-corrected chi connectivity index (χ1v) is 4.68. The molecule has 1 aliphatic carbocycles. The fourth-order valence-corrected chi connectivity index (χ4v) is 2.16. The molecule has 0 unspecified atom stereocenters. The summed E-state index contributed by atoms with van der Waals surface area (Å²) in [4.78, 5) is 0. The van der Waals surface area contributed by atoms with Crippen LogP contribution in [-0.4, -0.2) is 21.9 Å². The average Bonchev–Trinajstić information content (AvgIpc) is 2.73. The van der Waals surface area contributed by atoms with Crippen molar-refractivity contribution >= 4 is 0 Å². The van der Waals surface area contributed by atoms with Crippen LogP contribution >= 0.6 is 0 Å². The molecule has 4 heteroatoms. The van der Waals surface area contributed by atoms with Gasteiger partial charge in [-0.25, -0.2) is 0 Å². The Bertz CT molecular complexity index is 289. The lowest BCUT2D eigenvalue weighted by Gasteiger charge is -2.25. The second kappa shape index (κ2) is 3.10. The fourth-order valence-electron chi connectivity index (χ4n) is 2.16. The highest BCUT2D eigenvalue weighted by Crippen LogP contribution is 2.40. The molecule has 0 amide bonds. The summed E-state index contributed by atoms with van der Waals surface area (Å²) in [7, 11) is 3.73. The molecule has 0 saturated heterocycles. The third-order valence-corrected chi connectivity index (χ3v) is 2.92. The molecule has 13 heavy (non-hydrogen) atoms. The summed E-state index contributed by atoms with van der Waals surface area (Å²) in [5, 5.41) is 8.02. The van der Waals surface area contributed by atoms with Crippen LogP contribution in [-0.2, 0) is 17.4 Å². The number of methoxy groups -OCH3 is 1. The van der Waals surface area contributed by atoms with Gasteiger partial charge in [-0.05, 0) is 25.7 Å². The lowest BCUT2D eigenvalue weighted by molar-refractivity contribution is -0.0186. The van der Waals surface area contributed by atoms with Crippen molar-refractivity contribution in [2.45, 2.75) is 31.3 Å². The summed E-state index contributed by atoms with van der Waals surface area (Å²) >= 11 is 0. The molecule has 4 nitrogen and oxygen atoms in total. The van der Waals surface area contributed by atoms with E-state index in [2.05, 4.69) is 10.2 Å². The molecule has 2 rings (SSSR count). The Morgan fingerprint density at radius 2 is 2.15 bits per heavy atom. The molecule has 1 aromatic heterocycles. The number of rotatable bonds is 2. The zero-order chi connectivity index (χ0) is 9.31. The van der Waals surface area contributed by atoms with Crippen LogP contribution in [0.1, 0.15) is 31.5 Å². The van der Waals surface area contributed by atoms with Crippen LogP contribution < -0.4 is 0 Å². The summed E-state index contributed by atoms with van der Waals surface area (Å²) in [5.74, 6) is 0.965. The first kappa shape index (κ1) is 8.69. The Morgan fingerprint density at radius 1 is 1.46 bits per heavy atom. The van der Waals surface area contributed by atoms with Gasteiger partial charge >= 0.3 is 0 Å². The maximum Gasteiger partial charge on any atom is 0.164 e. The molecule has 1 fully saturated rings. The van der Waals surface area contributed by atoms with Gasteiger partial charge in [-0.2, -0.15) is 0 Å². The summed E-state index contributed by atoms with van der Waals surface area (Å²) in [6, 6.07) is 0. The number of hydrogen-bond acceptors (Lipinski definition) is 3. The third kappa shape index (κ3) is 1.25. The highest BCUT2D eigenvalue weighted by molar-refractivity contribution is 5.04. The van der Waals surface area contributed by atoms with Crippen molar-refractivity contribution < 1.29 is 4.74 Å². The van der Waals surface area contributed by atoms with Crippen LogP contribution in [0, 0.1) is 0 Å². The van der Waals surface area contributed by atoms with Crippen LogP contribution in [0.5, 0.6) is 0 Å². The number of nitrogens with zero attached hydrogens (tertiary/aromatic N) is 3. The minimum absolute atomic E-state index is 0.161. The minimum atomic E-state index is -0.161. The normalized spacial score (nSPS) is 20.8. The Balaban J connectivity index is 2.36. The van der Waals surface area contributed by atoms with Gasteiger partial charge in [-0.15, -0.1) is 10.2 Å². The van der Waals surface area contributed by atoms with E-state index in [0.717, 1.165) is 18.7 Å². The Kier molecular flexibility index (Phi) is 2.07. The highest BCUT2D eigenvalue weighted by atomic mass is 16.5. The topological polar surface area (TPSA) is 39.9 Å². The van der Waals surface area contributed by atoms with E-state index < -0.39 is 0 Å². The second-order valence-electron chi connectivity index (χ2n) is 3.67. The number of aromatic nitrogens is 3. The first-order valence-electron chi connectivity index (χ1n) is 4.68. The van der Waals surface area contributed by atoms with Gasteiger partial charge in [0.2, 0.25) is 0 Å². The van der Waals surface area contributed by atoms with E-state index >= 15 is 0 Å². The molecule has 0 spiro atoms. The maximum absolute atomic E-state index is 5.60. The molecule has 0 atom stereocenters. The summed E-state index contributed by atoms with van der Waals surface area (Å²) in [6.07, 6.45) is 6.31. The highest BCUT2D eigenvalue weighted by Gasteiger charge is 2.39. The van der Waals surface area contributed by atoms with Crippen molar-refractivity contribution in [3.05, 3.63) is 12.2 Å². The molecule has 1 heterocycles. The average molecular weight is 181 g/mol. The number of aryl methyl sites for hydroxylation is 1. The summed E-state index contributed by atoms with van der Waals surface area (Å²) in [5.41, 5.74) is -0.161. The van der Waals surface area contributed by atoms with Crippen molar-refractivity contribution in [1.82, 2.24) is 14.8 Å². The number of hydrogen-bond donors (Lipinski definition) is 0. The Hall–Kier alpha value is -0.900. The first-order chi connectivity index (χ1) is 6.28.